The number of para-hydroxylation sites is 1. The lowest BCUT2D eigenvalue weighted by Gasteiger charge is -2.22. The van der Waals surface area contributed by atoms with Gasteiger partial charge in [0.25, 0.3) is 0 Å². The molecular weight excluding hydrogens is 483 g/mol. The van der Waals surface area contributed by atoms with Gasteiger partial charge < -0.3 is 19.9 Å². The molecule has 0 unspecified atom stereocenters. The Morgan fingerprint density at radius 1 is 1.11 bits per heavy atom. The number of nitrogens with one attached hydrogen (secondary N) is 1. The molecule has 2 rings (SSSR count). The van der Waals surface area contributed by atoms with Crippen molar-refractivity contribution in [3.8, 4) is 5.75 Å². The zero-order chi connectivity index (χ0) is 19.5. The highest BCUT2D eigenvalue weighted by molar-refractivity contribution is 14.0. The Hall–Kier alpha value is -1.32. The zero-order valence-corrected chi connectivity index (χ0v) is 20.5. The molecule has 1 heterocycles. The van der Waals surface area contributed by atoms with Gasteiger partial charge in [0.1, 0.15) is 12.4 Å². The van der Waals surface area contributed by atoms with E-state index in [1.54, 1.807) is 11.3 Å². The molecule has 0 saturated heterocycles. The van der Waals surface area contributed by atoms with Crippen molar-refractivity contribution in [1.82, 2.24) is 15.1 Å². The third-order valence-electron chi connectivity index (χ3n) is 4.14. The van der Waals surface area contributed by atoms with Crippen LogP contribution in [-0.2, 0) is 13.0 Å². The number of nitrogens with zero attached hydrogens (tertiary/aromatic N) is 3. The maximum atomic E-state index is 5.95. The highest BCUT2D eigenvalue weighted by Crippen LogP contribution is 2.19. The Bertz CT molecular complexity index is 691. The maximum Gasteiger partial charge on any atom is 0.193 e. The fourth-order valence-electron chi connectivity index (χ4n) is 2.58. The van der Waals surface area contributed by atoms with Crippen molar-refractivity contribution in [3.05, 3.63) is 52.2 Å². The van der Waals surface area contributed by atoms with Crippen molar-refractivity contribution in [1.29, 1.82) is 0 Å². The maximum absolute atomic E-state index is 5.95. The first-order valence-corrected chi connectivity index (χ1v) is 10.4. The second kappa shape index (κ2) is 13.8. The van der Waals surface area contributed by atoms with Gasteiger partial charge in [-0.25, -0.2) is 4.99 Å². The number of benzene rings is 1. The molecule has 0 fully saturated rings. The Labute approximate surface area is 190 Å². The van der Waals surface area contributed by atoms with Crippen molar-refractivity contribution in [2.45, 2.75) is 19.9 Å². The van der Waals surface area contributed by atoms with E-state index in [-0.39, 0.29) is 24.0 Å². The molecule has 0 radical (unpaired) electrons. The molecule has 1 aromatic heterocycles. The summed E-state index contributed by atoms with van der Waals surface area (Å²) in [5, 5.41) is 5.52. The van der Waals surface area contributed by atoms with Gasteiger partial charge in [-0.3, -0.25) is 0 Å². The number of hydrogen-bond donors (Lipinski definition) is 1. The van der Waals surface area contributed by atoms with Crippen molar-refractivity contribution in [3.63, 3.8) is 0 Å². The summed E-state index contributed by atoms with van der Waals surface area (Å²) in [4.78, 5) is 10.5. The van der Waals surface area contributed by atoms with Gasteiger partial charge in [-0.2, -0.15) is 0 Å². The largest absolute Gasteiger partial charge is 0.492 e. The van der Waals surface area contributed by atoms with Crippen LogP contribution in [0.2, 0.25) is 0 Å². The Balaban J connectivity index is 0.00000392. The van der Waals surface area contributed by atoms with Crippen LogP contribution in [0.3, 0.4) is 0 Å². The molecule has 156 valence electrons. The highest BCUT2D eigenvalue weighted by Gasteiger charge is 2.08. The number of likely N-dealkylation sites (N-methyl/N-ethyl adjacent to an activating group) is 2. The molecule has 2 aromatic rings. The van der Waals surface area contributed by atoms with E-state index in [0.29, 0.717) is 13.2 Å². The summed E-state index contributed by atoms with van der Waals surface area (Å²) in [6, 6.07) is 12.4. The lowest BCUT2D eigenvalue weighted by Crippen LogP contribution is -2.39. The molecule has 1 aromatic carbocycles. The van der Waals surface area contributed by atoms with Crippen LogP contribution in [0.15, 0.2) is 46.8 Å². The van der Waals surface area contributed by atoms with Crippen LogP contribution < -0.4 is 10.1 Å². The smallest absolute Gasteiger partial charge is 0.193 e. The SMILES string of the molecule is CCNC(=NCc1ccccc1OCCN(C)C)N(C)CCc1cccs1.I. The zero-order valence-electron chi connectivity index (χ0n) is 17.4. The number of hydrogen-bond acceptors (Lipinski definition) is 4. The average Bonchev–Trinajstić information content (AvgIpc) is 3.17. The van der Waals surface area contributed by atoms with Crippen molar-refractivity contribution >= 4 is 41.3 Å². The van der Waals surface area contributed by atoms with Crippen LogP contribution >= 0.6 is 35.3 Å². The number of guanidine groups is 1. The number of aliphatic imine (C=N–C) groups is 1. The summed E-state index contributed by atoms with van der Waals surface area (Å²) >= 11 is 1.80. The Morgan fingerprint density at radius 3 is 2.57 bits per heavy atom. The van der Waals surface area contributed by atoms with Gasteiger partial charge in [0.2, 0.25) is 0 Å². The minimum Gasteiger partial charge on any atom is -0.492 e. The minimum atomic E-state index is 0. The average molecular weight is 516 g/mol. The highest BCUT2D eigenvalue weighted by atomic mass is 127. The quantitative estimate of drug-likeness (QED) is 0.295. The molecule has 0 aliphatic carbocycles. The van der Waals surface area contributed by atoms with Crippen LogP contribution in [0.5, 0.6) is 5.75 Å². The minimum absolute atomic E-state index is 0. The summed E-state index contributed by atoms with van der Waals surface area (Å²) in [5.74, 6) is 1.84. The Kier molecular flexibility index (Phi) is 12.2. The molecule has 0 saturated carbocycles. The van der Waals surface area contributed by atoms with E-state index in [1.807, 2.05) is 32.3 Å². The van der Waals surface area contributed by atoms with Gasteiger partial charge in [0.05, 0.1) is 6.54 Å². The van der Waals surface area contributed by atoms with Gasteiger partial charge in [0, 0.05) is 37.1 Å². The number of ether oxygens (including phenoxy) is 1. The van der Waals surface area contributed by atoms with E-state index in [0.717, 1.165) is 43.3 Å². The van der Waals surface area contributed by atoms with E-state index in [9.17, 15) is 0 Å². The monoisotopic (exact) mass is 516 g/mol. The molecule has 0 aliphatic heterocycles. The molecule has 0 aliphatic rings. The molecular formula is C21H33IN4OS. The van der Waals surface area contributed by atoms with Crippen molar-refractivity contribution in [2.75, 3.05) is 47.4 Å². The van der Waals surface area contributed by atoms with E-state index >= 15 is 0 Å². The molecule has 0 amide bonds. The van der Waals surface area contributed by atoms with Gasteiger partial charge in [-0.15, -0.1) is 35.3 Å². The topological polar surface area (TPSA) is 40.1 Å². The molecule has 5 nitrogen and oxygen atoms in total. The molecule has 1 N–H and O–H groups in total. The molecule has 28 heavy (non-hydrogen) atoms. The van der Waals surface area contributed by atoms with Crippen LogP contribution in [0, 0.1) is 0 Å². The first-order valence-electron chi connectivity index (χ1n) is 9.47. The summed E-state index contributed by atoms with van der Waals surface area (Å²) < 4.78 is 5.95. The number of thiophene rings is 1. The third-order valence-corrected chi connectivity index (χ3v) is 5.07. The molecule has 0 spiro atoms. The van der Waals surface area contributed by atoms with Gasteiger partial charge >= 0.3 is 0 Å². The molecule has 0 bridgehead atoms. The fourth-order valence-corrected chi connectivity index (χ4v) is 3.28. The lowest BCUT2D eigenvalue weighted by molar-refractivity contribution is 0.259. The third kappa shape index (κ3) is 8.79. The van der Waals surface area contributed by atoms with Crippen LogP contribution in [-0.4, -0.2) is 63.1 Å². The summed E-state index contributed by atoms with van der Waals surface area (Å²) in [7, 11) is 6.19. The predicted molar refractivity (Wildman–Crippen MR) is 131 cm³/mol. The van der Waals surface area contributed by atoms with Crippen molar-refractivity contribution in [2.24, 2.45) is 4.99 Å². The van der Waals surface area contributed by atoms with E-state index in [2.05, 4.69) is 52.7 Å². The second-order valence-corrected chi connectivity index (χ2v) is 7.71. The van der Waals surface area contributed by atoms with E-state index in [1.165, 1.54) is 4.88 Å². The second-order valence-electron chi connectivity index (χ2n) is 6.68. The summed E-state index contributed by atoms with van der Waals surface area (Å²) in [6.45, 7) is 6.06. The van der Waals surface area contributed by atoms with Crippen LogP contribution in [0.4, 0.5) is 0 Å². The summed E-state index contributed by atoms with van der Waals surface area (Å²) in [5.41, 5.74) is 1.11. The van der Waals surface area contributed by atoms with Crippen molar-refractivity contribution < 1.29 is 4.74 Å². The fraction of sp³-hybridized carbons (Fsp3) is 0.476. The van der Waals surface area contributed by atoms with Gasteiger partial charge in [-0.1, -0.05) is 24.3 Å². The first-order chi connectivity index (χ1) is 13.1. The van der Waals surface area contributed by atoms with Gasteiger partial charge in [-0.05, 0) is 45.0 Å². The van der Waals surface area contributed by atoms with Crippen LogP contribution in [0.1, 0.15) is 17.4 Å². The molecule has 7 heteroatoms. The van der Waals surface area contributed by atoms with E-state index < -0.39 is 0 Å². The van der Waals surface area contributed by atoms with E-state index in [4.69, 9.17) is 9.73 Å². The number of rotatable bonds is 10. The Morgan fingerprint density at radius 2 is 1.89 bits per heavy atom. The molecule has 0 atom stereocenters. The number of halogens is 1. The van der Waals surface area contributed by atoms with Gasteiger partial charge in [0.15, 0.2) is 5.96 Å². The predicted octanol–water partition coefficient (Wildman–Crippen LogP) is 3.95. The lowest BCUT2D eigenvalue weighted by atomic mass is 10.2. The summed E-state index contributed by atoms with van der Waals surface area (Å²) in [6.07, 6.45) is 1.03. The first kappa shape index (κ1) is 24.7. The normalized spacial score (nSPS) is 11.2. The standard InChI is InChI=1S/C21H32N4OS.HI/c1-5-22-21(25(4)13-12-19-10-8-16-27-19)23-17-18-9-6-7-11-20(18)26-15-14-24(2)3;/h6-11,16H,5,12-15,17H2,1-4H3,(H,22,23);1H. The van der Waals surface area contributed by atoms with Crippen LogP contribution in [0.25, 0.3) is 0 Å².